The van der Waals surface area contributed by atoms with Gasteiger partial charge in [0, 0.05) is 47.7 Å². The summed E-state index contributed by atoms with van der Waals surface area (Å²) in [5.74, 6) is 0.891. The zero-order chi connectivity index (χ0) is 33.9. The Hall–Kier alpha value is -4.24. The molecule has 0 unspecified atom stereocenters. The Morgan fingerprint density at radius 2 is 1.69 bits per heavy atom. The molecule has 4 aromatic rings. The molecular weight excluding hydrogens is 610 g/mol. The van der Waals surface area contributed by atoms with E-state index in [4.69, 9.17) is 9.97 Å². The van der Waals surface area contributed by atoms with Gasteiger partial charge in [-0.25, -0.2) is 9.97 Å². The molecule has 2 amide bonds. The van der Waals surface area contributed by atoms with Crippen LogP contribution < -0.4 is 15.5 Å². The zero-order valence-electron chi connectivity index (χ0n) is 29.4. The number of amides is 2. The summed E-state index contributed by atoms with van der Waals surface area (Å²) < 4.78 is 2.13. The normalized spacial score (nSPS) is 22.1. The van der Waals surface area contributed by atoms with Gasteiger partial charge in [0.2, 0.25) is 5.91 Å². The molecule has 2 aliphatic carbocycles. The maximum absolute atomic E-state index is 14.6. The van der Waals surface area contributed by atoms with Crippen LogP contribution in [0.3, 0.4) is 0 Å². The first-order valence-corrected chi connectivity index (χ1v) is 18.5. The molecule has 2 aliphatic heterocycles. The first-order chi connectivity index (χ1) is 23.8. The number of pyridine rings is 1. The van der Waals surface area contributed by atoms with Crippen LogP contribution in [0.25, 0.3) is 22.3 Å². The number of carbonyl (C=O) groups excluding carboxylic acids is 2. The lowest BCUT2D eigenvalue weighted by molar-refractivity contribution is -0.125. The van der Waals surface area contributed by atoms with Crippen molar-refractivity contribution in [1.29, 1.82) is 0 Å². The molecule has 1 spiro atoms. The number of aromatic nitrogens is 3. The molecule has 4 heterocycles. The third kappa shape index (κ3) is 5.41. The van der Waals surface area contributed by atoms with E-state index < -0.39 is 5.41 Å². The highest BCUT2D eigenvalue weighted by Crippen LogP contribution is 2.53. The number of hydrogen-bond donors (Lipinski definition) is 2. The highest BCUT2D eigenvalue weighted by molar-refractivity contribution is 6.09. The minimum Gasteiger partial charge on any atom is -0.355 e. The maximum atomic E-state index is 14.6. The summed E-state index contributed by atoms with van der Waals surface area (Å²) in [7, 11) is 1.65. The molecule has 2 aromatic heterocycles. The molecule has 2 N–H and O–H groups in total. The summed E-state index contributed by atoms with van der Waals surface area (Å²) in [6.45, 7) is 8.61. The molecule has 9 nitrogen and oxygen atoms in total. The van der Waals surface area contributed by atoms with E-state index in [2.05, 4.69) is 63.1 Å². The van der Waals surface area contributed by atoms with E-state index in [0.29, 0.717) is 23.3 Å². The Bertz CT molecular complexity index is 1910. The van der Waals surface area contributed by atoms with Gasteiger partial charge in [-0.15, -0.1) is 0 Å². The van der Waals surface area contributed by atoms with E-state index in [9.17, 15) is 9.59 Å². The fourth-order valence-electron chi connectivity index (χ4n) is 9.01. The number of likely N-dealkylation sites (tertiary alicyclic amines) is 1. The molecule has 3 fully saturated rings. The maximum Gasteiger partial charge on any atom is 0.251 e. The van der Waals surface area contributed by atoms with Gasteiger partial charge in [0.15, 0.2) is 5.82 Å². The number of nitrogens with one attached hydrogen (secondary N) is 2. The standard InChI is InChI=1S/C40H49N7O2/c1-25(2)46-24-42-34-23-33(44-37(36(34)46)43-28-13-11-26(3)31(20-28)38(48)41-4)27-12-14-32-35(19-27)47(39(49)40(32)15-7-5-8-16-40)30-21-29(22-30)45-17-9-6-10-18-45/h11-14,19-20,23-25,29-30H,5-10,15-18,21-22H2,1-4H3,(H,41,48)(H,43,44). The molecule has 0 radical (unpaired) electrons. The smallest absolute Gasteiger partial charge is 0.251 e. The second-order valence-electron chi connectivity index (χ2n) is 15.1. The van der Waals surface area contributed by atoms with Crippen LogP contribution in [-0.4, -0.2) is 63.5 Å². The van der Waals surface area contributed by atoms with Crippen molar-refractivity contribution in [2.45, 2.75) is 109 Å². The molecule has 256 valence electrons. The van der Waals surface area contributed by atoms with Gasteiger partial charge >= 0.3 is 0 Å². The van der Waals surface area contributed by atoms with E-state index in [1.165, 1.54) is 44.3 Å². The number of carbonyl (C=O) groups is 2. The lowest BCUT2D eigenvalue weighted by Crippen LogP contribution is -2.57. The van der Waals surface area contributed by atoms with Crippen LogP contribution in [0.5, 0.6) is 0 Å². The van der Waals surface area contributed by atoms with Crippen LogP contribution in [-0.2, 0) is 10.2 Å². The number of piperidine rings is 1. The van der Waals surface area contributed by atoms with E-state index in [1.807, 2.05) is 31.5 Å². The van der Waals surface area contributed by atoms with E-state index >= 15 is 0 Å². The van der Waals surface area contributed by atoms with E-state index in [1.54, 1.807) is 7.05 Å². The molecule has 2 saturated carbocycles. The quantitative estimate of drug-likeness (QED) is 0.212. The van der Waals surface area contributed by atoms with Gasteiger partial charge in [-0.1, -0.05) is 43.9 Å². The van der Waals surface area contributed by atoms with Crippen molar-refractivity contribution < 1.29 is 9.59 Å². The number of aryl methyl sites for hydroxylation is 1. The molecular formula is C40H49N7O2. The summed E-state index contributed by atoms with van der Waals surface area (Å²) in [4.78, 5) is 42.1. The lowest BCUT2D eigenvalue weighted by Gasteiger charge is -2.48. The SMILES string of the molecule is CNC(=O)c1cc(Nc2nc(-c3ccc4c(c3)N(C3CC(N5CCCCC5)C3)C(=O)C43CCCCC3)cc3ncn(C(C)C)c23)ccc1C. The number of nitrogens with zero attached hydrogens (tertiary/aromatic N) is 5. The average molecular weight is 660 g/mol. The minimum atomic E-state index is -0.392. The molecule has 1 saturated heterocycles. The van der Waals surface area contributed by atoms with Gasteiger partial charge in [0.05, 0.1) is 23.0 Å². The number of rotatable bonds is 7. The average Bonchev–Trinajstić information content (AvgIpc) is 3.63. The van der Waals surface area contributed by atoms with Crippen molar-refractivity contribution in [3.05, 3.63) is 65.5 Å². The lowest BCUT2D eigenvalue weighted by atomic mass is 9.70. The second kappa shape index (κ2) is 12.6. The van der Waals surface area contributed by atoms with E-state index in [0.717, 1.165) is 77.8 Å². The minimum absolute atomic E-state index is 0.123. The van der Waals surface area contributed by atoms with Gasteiger partial charge in [-0.2, -0.15) is 0 Å². The van der Waals surface area contributed by atoms with Crippen LogP contribution in [0.1, 0.15) is 106 Å². The summed E-state index contributed by atoms with van der Waals surface area (Å²) in [5, 5.41) is 6.30. The molecule has 2 aromatic carbocycles. The topological polar surface area (TPSA) is 95.4 Å². The fourth-order valence-corrected chi connectivity index (χ4v) is 9.01. The van der Waals surface area contributed by atoms with Gasteiger partial charge in [-0.05, 0) is 108 Å². The third-order valence-electron chi connectivity index (χ3n) is 11.8. The van der Waals surface area contributed by atoms with Crippen molar-refractivity contribution in [2.24, 2.45) is 0 Å². The van der Waals surface area contributed by atoms with Crippen molar-refractivity contribution in [2.75, 3.05) is 30.4 Å². The Morgan fingerprint density at radius 3 is 2.43 bits per heavy atom. The van der Waals surface area contributed by atoms with Crippen LogP contribution in [0.15, 0.2) is 48.8 Å². The fraction of sp³-hybridized carbons (Fsp3) is 0.500. The molecule has 4 aliphatic rings. The molecule has 8 rings (SSSR count). The monoisotopic (exact) mass is 659 g/mol. The summed E-state index contributed by atoms with van der Waals surface area (Å²) in [6, 6.07) is 15.5. The largest absolute Gasteiger partial charge is 0.355 e. The van der Waals surface area contributed by atoms with Crippen LogP contribution in [0.2, 0.25) is 0 Å². The predicted molar refractivity (Wildman–Crippen MR) is 196 cm³/mol. The zero-order valence-corrected chi connectivity index (χ0v) is 29.4. The first-order valence-electron chi connectivity index (χ1n) is 18.5. The highest BCUT2D eigenvalue weighted by Gasteiger charge is 2.54. The van der Waals surface area contributed by atoms with Gasteiger partial charge in [0.1, 0.15) is 5.52 Å². The Balaban J connectivity index is 1.19. The predicted octanol–water partition coefficient (Wildman–Crippen LogP) is 7.66. The Morgan fingerprint density at radius 1 is 0.939 bits per heavy atom. The van der Waals surface area contributed by atoms with Crippen LogP contribution in [0, 0.1) is 6.92 Å². The number of anilines is 3. The summed E-state index contributed by atoms with van der Waals surface area (Å²) in [6.07, 6.45) is 13.2. The molecule has 9 heteroatoms. The van der Waals surface area contributed by atoms with Crippen LogP contribution >= 0.6 is 0 Å². The molecule has 0 atom stereocenters. The highest BCUT2D eigenvalue weighted by atomic mass is 16.2. The second-order valence-corrected chi connectivity index (χ2v) is 15.1. The van der Waals surface area contributed by atoms with Crippen molar-refractivity contribution in [3.8, 4) is 11.3 Å². The van der Waals surface area contributed by atoms with E-state index in [-0.39, 0.29) is 18.0 Å². The van der Waals surface area contributed by atoms with Crippen molar-refractivity contribution in [3.63, 3.8) is 0 Å². The third-order valence-corrected chi connectivity index (χ3v) is 11.8. The number of imidazole rings is 1. The first kappa shape index (κ1) is 32.0. The van der Waals surface area contributed by atoms with Crippen molar-refractivity contribution in [1.82, 2.24) is 24.8 Å². The number of hydrogen-bond acceptors (Lipinski definition) is 6. The summed E-state index contributed by atoms with van der Waals surface area (Å²) in [5.41, 5.74) is 7.77. The van der Waals surface area contributed by atoms with Gasteiger partial charge < -0.3 is 25.0 Å². The van der Waals surface area contributed by atoms with Crippen LogP contribution in [0.4, 0.5) is 17.2 Å². The number of benzene rings is 2. The number of fused-ring (bicyclic) bond motifs is 3. The Labute approximate surface area is 289 Å². The van der Waals surface area contributed by atoms with Gasteiger partial charge in [-0.3, -0.25) is 9.59 Å². The molecule has 49 heavy (non-hydrogen) atoms. The van der Waals surface area contributed by atoms with Crippen molar-refractivity contribution >= 4 is 40.0 Å². The summed E-state index contributed by atoms with van der Waals surface area (Å²) >= 11 is 0. The Kier molecular flexibility index (Phi) is 8.21. The van der Waals surface area contributed by atoms with Gasteiger partial charge in [0.25, 0.3) is 5.91 Å². The molecule has 0 bridgehead atoms.